The molecular weight excluding hydrogens is 282 g/mol. The van der Waals surface area contributed by atoms with Crippen molar-refractivity contribution in [2.45, 2.75) is 24.8 Å². The summed E-state index contributed by atoms with van der Waals surface area (Å²) in [6.07, 6.45) is 3.35. The van der Waals surface area contributed by atoms with Gasteiger partial charge in [-0.25, -0.2) is 0 Å². The SMILES string of the molecule is COC(=O)CNC1(c2ccc(Br)cc2)CCC1. The molecule has 0 aromatic heterocycles. The maximum atomic E-state index is 11.2. The summed E-state index contributed by atoms with van der Waals surface area (Å²) in [6, 6.07) is 8.28. The normalized spacial score (nSPS) is 17.3. The Hall–Kier alpha value is -0.870. The van der Waals surface area contributed by atoms with Crippen LogP contribution in [-0.2, 0) is 15.1 Å². The van der Waals surface area contributed by atoms with Gasteiger partial charge < -0.3 is 4.74 Å². The van der Waals surface area contributed by atoms with E-state index in [9.17, 15) is 4.79 Å². The van der Waals surface area contributed by atoms with Crippen molar-refractivity contribution in [3.05, 3.63) is 34.3 Å². The summed E-state index contributed by atoms with van der Waals surface area (Å²) in [7, 11) is 1.41. The zero-order valence-corrected chi connectivity index (χ0v) is 11.4. The third kappa shape index (κ3) is 2.69. The predicted molar refractivity (Wildman–Crippen MR) is 69.7 cm³/mol. The van der Waals surface area contributed by atoms with E-state index < -0.39 is 0 Å². The zero-order chi connectivity index (χ0) is 12.3. The van der Waals surface area contributed by atoms with Gasteiger partial charge in [-0.1, -0.05) is 28.1 Å². The Labute approximate surface area is 110 Å². The number of benzene rings is 1. The first kappa shape index (κ1) is 12.6. The zero-order valence-electron chi connectivity index (χ0n) is 9.83. The van der Waals surface area contributed by atoms with Gasteiger partial charge in [0.25, 0.3) is 0 Å². The van der Waals surface area contributed by atoms with E-state index in [4.69, 9.17) is 0 Å². The van der Waals surface area contributed by atoms with Gasteiger partial charge in [-0.05, 0) is 37.0 Å². The molecule has 1 fully saturated rings. The van der Waals surface area contributed by atoms with E-state index >= 15 is 0 Å². The first-order valence-electron chi connectivity index (χ1n) is 5.74. The Morgan fingerprint density at radius 2 is 2.06 bits per heavy atom. The summed E-state index contributed by atoms with van der Waals surface area (Å²) in [5.74, 6) is -0.214. The Balaban J connectivity index is 2.08. The number of ether oxygens (including phenoxy) is 1. The highest BCUT2D eigenvalue weighted by Gasteiger charge is 2.38. The molecule has 0 unspecified atom stereocenters. The van der Waals surface area contributed by atoms with Crippen molar-refractivity contribution in [3.8, 4) is 0 Å². The summed E-state index contributed by atoms with van der Waals surface area (Å²) >= 11 is 3.43. The first-order valence-corrected chi connectivity index (χ1v) is 6.53. The van der Waals surface area contributed by atoms with Gasteiger partial charge in [-0.2, -0.15) is 0 Å². The third-order valence-electron chi connectivity index (χ3n) is 3.40. The average Bonchev–Trinajstić information content (AvgIpc) is 2.29. The lowest BCUT2D eigenvalue weighted by molar-refractivity contribution is -0.140. The molecule has 3 nitrogen and oxygen atoms in total. The molecule has 0 radical (unpaired) electrons. The van der Waals surface area contributed by atoms with Crippen molar-refractivity contribution in [2.24, 2.45) is 0 Å². The van der Waals surface area contributed by atoms with Gasteiger partial charge in [0.2, 0.25) is 0 Å². The number of carbonyl (C=O) groups is 1. The van der Waals surface area contributed by atoms with Crippen LogP contribution in [0.25, 0.3) is 0 Å². The van der Waals surface area contributed by atoms with Gasteiger partial charge in [0.05, 0.1) is 13.7 Å². The lowest BCUT2D eigenvalue weighted by Crippen LogP contribution is -2.50. The molecule has 1 aliphatic rings. The molecule has 92 valence electrons. The number of hydrogen-bond donors (Lipinski definition) is 1. The number of esters is 1. The molecule has 0 bridgehead atoms. The maximum Gasteiger partial charge on any atom is 0.319 e. The molecule has 17 heavy (non-hydrogen) atoms. The van der Waals surface area contributed by atoms with E-state index in [1.807, 2.05) is 12.1 Å². The maximum absolute atomic E-state index is 11.2. The van der Waals surface area contributed by atoms with Gasteiger partial charge in [-0.3, -0.25) is 10.1 Å². The van der Waals surface area contributed by atoms with E-state index in [0.29, 0.717) is 0 Å². The van der Waals surface area contributed by atoms with Gasteiger partial charge in [0.15, 0.2) is 0 Å². The Morgan fingerprint density at radius 1 is 1.41 bits per heavy atom. The Kier molecular flexibility index (Phi) is 3.84. The number of halogens is 1. The number of carbonyl (C=O) groups excluding carboxylic acids is 1. The molecule has 2 rings (SSSR count). The van der Waals surface area contributed by atoms with E-state index in [1.54, 1.807) is 0 Å². The number of rotatable bonds is 4. The molecule has 1 aliphatic carbocycles. The van der Waals surface area contributed by atoms with Crippen LogP contribution in [0.5, 0.6) is 0 Å². The minimum absolute atomic E-state index is 0.0328. The molecule has 0 heterocycles. The molecular formula is C13H16BrNO2. The molecule has 0 saturated heterocycles. The second-order valence-electron chi connectivity index (χ2n) is 4.37. The van der Waals surface area contributed by atoms with Crippen LogP contribution in [0.3, 0.4) is 0 Å². The molecule has 0 spiro atoms. The molecule has 1 saturated carbocycles. The average molecular weight is 298 g/mol. The van der Waals surface area contributed by atoms with Gasteiger partial charge in [-0.15, -0.1) is 0 Å². The van der Waals surface area contributed by atoms with Gasteiger partial charge >= 0.3 is 5.97 Å². The molecule has 0 atom stereocenters. The van der Waals surface area contributed by atoms with Crippen molar-refractivity contribution in [3.63, 3.8) is 0 Å². The highest BCUT2D eigenvalue weighted by Crippen LogP contribution is 2.41. The number of hydrogen-bond acceptors (Lipinski definition) is 3. The van der Waals surface area contributed by atoms with Crippen LogP contribution in [0.4, 0.5) is 0 Å². The third-order valence-corrected chi connectivity index (χ3v) is 3.93. The van der Waals surface area contributed by atoms with Crippen molar-refractivity contribution in [2.75, 3.05) is 13.7 Å². The second kappa shape index (κ2) is 5.19. The van der Waals surface area contributed by atoms with E-state index in [0.717, 1.165) is 17.3 Å². The van der Waals surface area contributed by atoms with E-state index in [-0.39, 0.29) is 18.1 Å². The van der Waals surface area contributed by atoms with Crippen molar-refractivity contribution in [1.29, 1.82) is 0 Å². The minimum Gasteiger partial charge on any atom is -0.468 e. The Morgan fingerprint density at radius 3 is 2.53 bits per heavy atom. The van der Waals surface area contributed by atoms with Crippen LogP contribution in [0.2, 0.25) is 0 Å². The predicted octanol–water partition coefficient (Wildman–Crippen LogP) is 2.59. The number of nitrogens with one attached hydrogen (secondary N) is 1. The van der Waals surface area contributed by atoms with Crippen molar-refractivity contribution in [1.82, 2.24) is 5.32 Å². The number of methoxy groups -OCH3 is 1. The van der Waals surface area contributed by atoms with Crippen LogP contribution in [-0.4, -0.2) is 19.6 Å². The summed E-state index contributed by atoms with van der Waals surface area (Å²) < 4.78 is 5.73. The standard InChI is InChI=1S/C13H16BrNO2/c1-17-12(16)9-15-13(7-2-8-13)10-3-5-11(14)6-4-10/h3-6,15H,2,7-9H2,1H3. The van der Waals surface area contributed by atoms with Crippen molar-refractivity contribution < 1.29 is 9.53 Å². The monoisotopic (exact) mass is 297 g/mol. The molecule has 1 aromatic rings. The van der Waals surface area contributed by atoms with Crippen LogP contribution in [0, 0.1) is 0 Å². The fraction of sp³-hybridized carbons (Fsp3) is 0.462. The lowest BCUT2D eigenvalue weighted by Gasteiger charge is -2.43. The van der Waals surface area contributed by atoms with Crippen LogP contribution < -0.4 is 5.32 Å². The molecule has 4 heteroatoms. The summed E-state index contributed by atoms with van der Waals surface area (Å²) in [4.78, 5) is 11.2. The highest BCUT2D eigenvalue weighted by atomic mass is 79.9. The first-order chi connectivity index (χ1) is 8.16. The second-order valence-corrected chi connectivity index (χ2v) is 5.29. The van der Waals surface area contributed by atoms with Crippen LogP contribution in [0.1, 0.15) is 24.8 Å². The smallest absolute Gasteiger partial charge is 0.319 e. The molecule has 1 aromatic carbocycles. The van der Waals surface area contributed by atoms with Gasteiger partial charge in [0, 0.05) is 10.0 Å². The van der Waals surface area contributed by atoms with E-state index in [1.165, 1.54) is 19.1 Å². The molecule has 1 N–H and O–H groups in total. The molecule has 0 amide bonds. The lowest BCUT2D eigenvalue weighted by atomic mass is 9.72. The van der Waals surface area contributed by atoms with E-state index in [2.05, 4.69) is 38.1 Å². The minimum atomic E-state index is -0.214. The summed E-state index contributed by atoms with van der Waals surface area (Å²) in [6.45, 7) is 0.270. The highest BCUT2D eigenvalue weighted by molar-refractivity contribution is 9.10. The molecule has 0 aliphatic heterocycles. The van der Waals surface area contributed by atoms with Crippen LogP contribution >= 0.6 is 15.9 Å². The fourth-order valence-electron chi connectivity index (χ4n) is 2.18. The van der Waals surface area contributed by atoms with Gasteiger partial charge in [0.1, 0.15) is 0 Å². The summed E-state index contributed by atoms with van der Waals surface area (Å²) in [5.41, 5.74) is 1.21. The Bertz CT molecular complexity index is 398. The fourth-order valence-corrected chi connectivity index (χ4v) is 2.44. The quantitative estimate of drug-likeness (QED) is 0.868. The van der Waals surface area contributed by atoms with Crippen molar-refractivity contribution >= 4 is 21.9 Å². The summed E-state index contributed by atoms with van der Waals surface area (Å²) in [5, 5.41) is 3.33. The largest absolute Gasteiger partial charge is 0.468 e. The van der Waals surface area contributed by atoms with Crippen LogP contribution in [0.15, 0.2) is 28.7 Å². The topological polar surface area (TPSA) is 38.3 Å².